The van der Waals surface area contributed by atoms with E-state index in [1.807, 2.05) is 0 Å². The minimum Gasteiger partial charge on any atom is -0.462 e. The molecule has 2 unspecified atom stereocenters. The lowest BCUT2D eigenvalue weighted by Gasteiger charge is -2.13. The van der Waals surface area contributed by atoms with Crippen LogP contribution in [-0.4, -0.2) is 12.1 Å². The van der Waals surface area contributed by atoms with Gasteiger partial charge in [-0.1, -0.05) is 13.8 Å². The molecule has 0 bridgehead atoms. The van der Waals surface area contributed by atoms with Crippen molar-refractivity contribution in [1.29, 1.82) is 0 Å². The van der Waals surface area contributed by atoms with Crippen LogP contribution in [0, 0.1) is 5.92 Å². The summed E-state index contributed by atoms with van der Waals surface area (Å²) >= 11 is 0. The average molecular weight is 170 g/mol. The Morgan fingerprint density at radius 2 is 2.08 bits per heavy atom. The van der Waals surface area contributed by atoms with Crippen LogP contribution in [0.15, 0.2) is 0 Å². The maximum atomic E-state index is 11.4. The van der Waals surface area contributed by atoms with Crippen molar-refractivity contribution in [2.45, 2.75) is 52.1 Å². The van der Waals surface area contributed by atoms with E-state index in [1.54, 1.807) is 0 Å². The van der Waals surface area contributed by atoms with E-state index in [2.05, 4.69) is 13.8 Å². The first kappa shape index (κ1) is 9.56. The Bertz CT molecular complexity index is 154. The van der Waals surface area contributed by atoms with Gasteiger partial charge in [-0.2, -0.15) is 0 Å². The molecule has 2 atom stereocenters. The lowest BCUT2D eigenvalue weighted by molar-refractivity contribution is -0.152. The van der Waals surface area contributed by atoms with Gasteiger partial charge in [0.15, 0.2) is 0 Å². The fraction of sp³-hybridized carbons (Fsp3) is 0.900. The average Bonchev–Trinajstić information content (AvgIpc) is 2.26. The van der Waals surface area contributed by atoms with Gasteiger partial charge in [0, 0.05) is 0 Å². The summed E-state index contributed by atoms with van der Waals surface area (Å²) in [7, 11) is 0. The topological polar surface area (TPSA) is 26.3 Å². The number of carbonyl (C=O) groups excluding carboxylic acids is 1. The van der Waals surface area contributed by atoms with Gasteiger partial charge in [0.25, 0.3) is 0 Å². The predicted octanol–water partition coefficient (Wildman–Crippen LogP) is 2.52. The molecular weight excluding hydrogens is 152 g/mol. The fourth-order valence-electron chi connectivity index (χ4n) is 1.69. The van der Waals surface area contributed by atoms with Crippen molar-refractivity contribution in [2.24, 2.45) is 5.92 Å². The Balaban J connectivity index is 2.50. The molecule has 1 rings (SSSR count). The van der Waals surface area contributed by atoms with Crippen molar-refractivity contribution in [3.63, 3.8) is 0 Å². The number of cyclic esters (lactones) is 1. The molecule has 0 amide bonds. The van der Waals surface area contributed by atoms with Gasteiger partial charge in [-0.15, -0.1) is 0 Å². The zero-order valence-corrected chi connectivity index (χ0v) is 8.01. The summed E-state index contributed by atoms with van der Waals surface area (Å²) in [6.07, 6.45) is 5.29. The third kappa shape index (κ3) is 2.23. The van der Waals surface area contributed by atoms with E-state index in [9.17, 15) is 4.79 Å². The minimum absolute atomic E-state index is 0.0295. The molecule has 0 N–H and O–H groups in total. The van der Waals surface area contributed by atoms with E-state index in [0.29, 0.717) is 0 Å². The molecule has 1 aliphatic rings. The molecule has 0 aliphatic carbocycles. The summed E-state index contributed by atoms with van der Waals surface area (Å²) < 4.78 is 5.33. The molecule has 12 heavy (non-hydrogen) atoms. The maximum absolute atomic E-state index is 11.4. The van der Waals surface area contributed by atoms with Crippen LogP contribution < -0.4 is 0 Å². The van der Waals surface area contributed by atoms with Crippen LogP contribution in [0.1, 0.15) is 46.0 Å². The van der Waals surface area contributed by atoms with Crippen LogP contribution in [0.25, 0.3) is 0 Å². The summed E-state index contributed by atoms with van der Waals surface area (Å²) in [5.74, 6) is 0.198. The van der Waals surface area contributed by atoms with E-state index in [1.165, 1.54) is 0 Å². The fourth-order valence-corrected chi connectivity index (χ4v) is 1.69. The molecule has 0 aromatic carbocycles. The van der Waals surface area contributed by atoms with Crippen molar-refractivity contribution < 1.29 is 9.53 Å². The molecular formula is C10H18O2. The Labute approximate surface area is 74.3 Å². The molecule has 0 aromatic rings. The largest absolute Gasteiger partial charge is 0.462 e. The predicted molar refractivity (Wildman–Crippen MR) is 47.8 cm³/mol. The van der Waals surface area contributed by atoms with Gasteiger partial charge in [-0.3, -0.25) is 4.79 Å². The number of hydrogen-bond acceptors (Lipinski definition) is 2. The SMILES string of the molecule is CCC1CCCC(CC)C(=O)O1. The first-order chi connectivity index (χ1) is 5.77. The maximum Gasteiger partial charge on any atom is 0.309 e. The summed E-state index contributed by atoms with van der Waals surface area (Å²) in [5, 5.41) is 0. The van der Waals surface area contributed by atoms with Crippen molar-refractivity contribution >= 4 is 5.97 Å². The molecule has 0 saturated carbocycles. The molecule has 1 aliphatic heterocycles. The molecule has 2 nitrogen and oxygen atoms in total. The second-order valence-electron chi connectivity index (χ2n) is 3.50. The quantitative estimate of drug-likeness (QED) is 0.595. The Morgan fingerprint density at radius 3 is 2.67 bits per heavy atom. The Kier molecular flexibility index (Phi) is 3.57. The van der Waals surface area contributed by atoms with Gasteiger partial charge < -0.3 is 4.74 Å². The van der Waals surface area contributed by atoms with Gasteiger partial charge >= 0.3 is 5.97 Å². The van der Waals surface area contributed by atoms with E-state index in [4.69, 9.17) is 4.74 Å². The number of carbonyl (C=O) groups is 1. The summed E-state index contributed by atoms with van der Waals surface area (Å²) in [6, 6.07) is 0. The Morgan fingerprint density at radius 1 is 1.33 bits per heavy atom. The first-order valence-corrected chi connectivity index (χ1v) is 4.98. The number of rotatable bonds is 2. The molecule has 0 aromatic heterocycles. The summed E-state index contributed by atoms with van der Waals surface area (Å²) in [4.78, 5) is 11.4. The lowest BCUT2D eigenvalue weighted by Crippen LogP contribution is -2.19. The third-order valence-corrected chi connectivity index (χ3v) is 2.64. The highest BCUT2D eigenvalue weighted by Gasteiger charge is 2.24. The van der Waals surface area contributed by atoms with Crippen molar-refractivity contribution in [3.05, 3.63) is 0 Å². The normalized spacial score (nSPS) is 31.0. The highest BCUT2D eigenvalue weighted by atomic mass is 16.5. The van der Waals surface area contributed by atoms with Crippen LogP contribution in [0.2, 0.25) is 0 Å². The van der Waals surface area contributed by atoms with Gasteiger partial charge in [0.1, 0.15) is 6.10 Å². The van der Waals surface area contributed by atoms with E-state index < -0.39 is 0 Å². The van der Waals surface area contributed by atoms with Crippen molar-refractivity contribution in [3.8, 4) is 0 Å². The molecule has 0 spiro atoms. The molecule has 1 heterocycles. The number of esters is 1. The first-order valence-electron chi connectivity index (χ1n) is 4.98. The summed E-state index contributed by atoms with van der Waals surface area (Å²) in [5.41, 5.74) is 0. The van der Waals surface area contributed by atoms with Gasteiger partial charge in [0.2, 0.25) is 0 Å². The highest BCUT2D eigenvalue weighted by molar-refractivity contribution is 5.72. The van der Waals surface area contributed by atoms with Crippen LogP contribution in [0.4, 0.5) is 0 Å². The smallest absolute Gasteiger partial charge is 0.309 e. The molecule has 1 saturated heterocycles. The van der Waals surface area contributed by atoms with Crippen molar-refractivity contribution in [1.82, 2.24) is 0 Å². The van der Waals surface area contributed by atoms with E-state index in [-0.39, 0.29) is 18.0 Å². The standard InChI is InChI=1S/C10H18O2/c1-3-8-6-5-7-9(4-2)12-10(8)11/h8-9H,3-7H2,1-2H3. The monoisotopic (exact) mass is 170 g/mol. The summed E-state index contributed by atoms with van der Waals surface area (Å²) in [6.45, 7) is 4.13. The third-order valence-electron chi connectivity index (χ3n) is 2.64. The number of hydrogen-bond donors (Lipinski definition) is 0. The van der Waals surface area contributed by atoms with Gasteiger partial charge in [-0.25, -0.2) is 0 Å². The van der Waals surface area contributed by atoms with Crippen molar-refractivity contribution in [2.75, 3.05) is 0 Å². The van der Waals surface area contributed by atoms with E-state index in [0.717, 1.165) is 32.1 Å². The van der Waals surface area contributed by atoms with Crippen LogP contribution in [0.3, 0.4) is 0 Å². The van der Waals surface area contributed by atoms with Crippen LogP contribution >= 0.6 is 0 Å². The molecule has 2 heteroatoms. The zero-order chi connectivity index (χ0) is 8.97. The molecule has 0 radical (unpaired) electrons. The van der Waals surface area contributed by atoms with Crippen LogP contribution in [0.5, 0.6) is 0 Å². The molecule has 70 valence electrons. The number of ether oxygens (including phenoxy) is 1. The van der Waals surface area contributed by atoms with Crippen LogP contribution in [-0.2, 0) is 9.53 Å². The Hall–Kier alpha value is -0.530. The molecule has 1 fully saturated rings. The lowest BCUT2D eigenvalue weighted by atomic mass is 10.00. The second-order valence-corrected chi connectivity index (χ2v) is 3.50. The highest BCUT2D eigenvalue weighted by Crippen LogP contribution is 2.22. The van der Waals surface area contributed by atoms with Gasteiger partial charge in [-0.05, 0) is 32.1 Å². The second kappa shape index (κ2) is 4.48. The minimum atomic E-state index is 0.0295. The van der Waals surface area contributed by atoms with Gasteiger partial charge in [0.05, 0.1) is 5.92 Å². The zero-order valence-electron chi connectivity index (χ0n) is 8.01. The van der Waals surface area contributed by atoms with E-state index >= 15 is 0 Å².